The molecule has 0 bridgehead atoms. The number of hydrogen-bond acceptors (Lipinski definition) is 2. The van der Waals surface area contributed by atoms with Crippen LogP contribution in [0.1, 0.15) is 30.2 Å². The standard InChI is InChI=1S/C13H13NO/c1-3-4-10-5-6-12-11(7-10)9(2)13(8-14)15-12/h5-7H,3-4H2,1-2H3. The summed E-state index contributed by atoms with van der Waals surface area (Å²) < 4.78 is 5.42. The highest BCUT2D eigenvalue weighted by molar-refractivity contribution is 5.83. The van der Waals surface area contributed by atoms with Crippen LogP contribution in [0.3, 0.4) is 0 Å². The Morgan fingerprint density at radius 3 is 2.87 bits per heavy atom. The third kappa shape index (κ3) is 1.61. The van der Waals surface area contributed by atoms with Gasteiger partial charge in [0.2, 0.25) is 5.76 Å². The van der Waals surface area contributed by atoms with Crippen molar-refractivity contribution in [3.8, 4) is 6.07 Å². The zero-order valence-corrected chi connectivity index (χ0v) is 9.00. The Morgan fingerprint density at radius 1 is 1.40 bits per heavy atom. The third-order valence-electron chi connectivity index (χ3n) is 2.64. The molecule has 76 valence electrons. The molecule has 0 saturated carbocycles. The molecule has 0 saturated heterocycles. The molecular formula is C13H13NO. The number of aryl methyl sites for hydroxylation is 2. The fraction of sp³-hybridized carbons (Fsp3) is 0.308. The highest BCUT2D eigenvalue weighted by Gasteiger charge is 2.09. The minimum Gasteiger partial charge on any atom is -0.445 e. The fourth-order valence-corrected chi connectivity index (χ4v) is 1.82. The van der Waals surface area contributed by atoms with E-state index in [1.54, 1.807) is 0 Å². The second-order valence-corrected chi connectivity index (χ2v) is 3.75. The van der Waals surface area contributed by atoms with Crippen LogP contribution in [0.4, 0.5) is 0 Å². The van der Waals surface area contributed by atoms with E-state index in [9.17, 15) is 0 Å². The lowest BCUT2D eigenvalue weighted by Gasteiger charge is -1.97. The lowest BCUT2D eigenvalue weighted by atomic mass is 10.1. The number of furan rings is 1. The SMILES string of the molecule is CCCc1ccc2oc(C#N)c(C)c2c1. The summed E-state index contributed by atoms with van der Waals surface area (Å²) in [7, 11) is 0. The first-order valence-corrected chi connectivity index (χ1v) is 5.18. The smallest absolute Gasteiger partial charge is 0.207 e. The molecule has 2 nitrogen and oxygen atoms in total. The van der Waals surface area contributed by atoms with Gasteiger partial charge in [0.15, 0.2) is 0 Å². The van der Waals surface area contributed by atoms with E-state index in [1.807, 2.05) is 13.0 Å². The van der Waals surface area contributed by atoms with Gasteiger partial charge in [0.05, 0.1) is 0 Å². The van der Waals surface area contributed by atoms with Gasteiger partial charge in [-0.2, -0.15) is 5.26 Å². The molecule has 0 aliphatic heterocycles. The van der Waals surface area contributed by atoms with Gasteiger partial charge in [0.1, 0.15) is 11.7 Å². The van der Waals surface area contributed by atoms with Gasteiger partial charge in [-0.15, -0.1) is 0 Å². The molecule has 0 aliphatic carbocycles. The van der Waals surface area contributed by atoms with E-state index in [2.05, 4.69) is 25.1 Å². The van der Waals surface area contributed by atoms with Crippen LogP contribution < -0.4 is 0 Å². The van der Waals surface area contributed by atoms with Gasteiger partial charge >= 0.3 is 0 Å². The van der Waals surface area contributed by atoms with Crippen molar-refractivity contribution in [1.82, 2.24) is 0 Å². The van der Waals surface area contributed by atoms with Gasteiger partial charge in [-0.1, -0.05) is 19.4 Å². The first-order valence-electron chi connectivity index (χ1n) is 5.18. The van der Waals surface area contributed by atoms with Crippen molar-refractivity contribution < 1.29 is 4.42 Å². The molecule has 1 aromatic heterocycles. The first-order chi connectivity index (χ1) is 7.26. The van der Waals surface area contributed by atoms with Crippen molar-refractivity contribution >= 4 is 11.0 Å². The van der Waals surface area contributed by atoms with E-state index in [1.165, 1.54) is 5.56 Å². The number of benzene rings is 1. The van der Waals surface area contributed by atoms with E-state index in [0.29, 0.717) is 5.76 Å². The minimum absolute atomic E-state index is 0.429. The number of nitriles is 1. The maximum atomic E-state index is 8.85. The Kier molecular flexibility index (Phi) is 2.47. The lowest BCUT2D eigenvalue weighted by Crippen LogP contribution is -1.82. The van der Waals surface area contributed by atoms with Crippen LogP contribution in [0.25, 0.3) is 11.0 Å². The summed E-state index contributed by atoms with van der Waals surface area (Å²) in [5.41, 5.74) is 3.06. The Morgan fingerprint density at radius 2 is 2.20 bits per heavy atom. The molecule has 0 N–H and O–H groups in total. The Balaban J connectivity index is 2.61. The quantitative estimate of drug-likeness (QED) is 0.741. The first kappa shape index (κ1) is 9.79. The van der Waals surface area contributed by atoms with Crippen molar-refractivity contribution in [3.05, 3.63) is 35.1 Å². The largest absolute Gasteiger partial charge is 0.445 e. The van der Waals surface area contributed by atoms with Gasteiger partial charge < -0.3 is 4.42 Å². The van der Waals surface area contributed by atoms with Crippen LogP contribution in [0.15, 0.2) is 22.6 Å². The molecule has 0 unspecified atom stereocenters. The van der Waals surface area contributed by atoms with E-state index < -0.39 is 0 Å². The third-order valence-corrected chi connectivity index (χ3v) is 2.64. The summed E-state index contributed by atoms with van der Waals surface area (Å²) in [6.45, 7) is 4.09. The summed E-state index contributed by atoms with van der Waals surface area (Å²) in [6.07, 6.45) is 2.20. The molecule has 1 heterocycles. The van der Waals surface area contributed by atoms with Crippen molar-refractivity contribution in [3.63, 3.8) is 0 Å². The molecular weight excluding hydrogens is 186 g/mol. The van der Waals surface area contributed by atoms with Crippen LogP contribution in [0.2, 0.25) is 0 Å². The van der Waals surface area contributed by atoms with Crippen molar-refractivity contribution in [2.24, 2.45) is 0 Å². The second kappa shape index (κ2) is 3.78. The van der Waals surface area contributed by atoms with Crippen LogP contribution in [0.5, 0.6) is 0 Å². The monoisotopic (exact) mass is 199 g/mol. The van der Waals surface area contributed by atoms with Crippen molar-refractivity contribution in [2.75, 3.05) is 0 Å². The number of fused-ring (bicyclic) bond motifs is 1. The summed E-state index contributed by atoms with van der Waals surface area (Å²) in [5, 5.41) is 9.92. The molecule has 0 radical (unpaired) electrons. The lowest BCUT2D eigenvalue weighted by molar-refractivity contribution is 0.596. The van der Waals surface area contributed by atoms with E-state index >= 15 is 0 Å². The average molecular weight is 199 g/mol. The van der Waals surface area contributed by atoms with Crippen LogP contribution in [0, 0.1) is 18.3 Å². The van der Waals surface area contributed by atoms with Crippen molar-refractivity contribution in [1.29, 1.82) is 5.26 Å². The molecule has 2 rings (SSSR count). The zero-order chi connectivity index (χ0) is 10.8. The normalized spacial score (nSPS) is 10.5. The molecule has 0 atom stereocenters. The van der Waals surface area contributed by atoms with E-state index in [-0.39, 0.29) is 0 Å². The summed E-state index contributed by atoms with van der Waals surface area (Å²) in [6, 6.07) is 8.21. The topological polar surface area (TPSA) is 36.9 Å². The molecule has 0 fully saturated rings. The van der Waals surface area contributed by atoms with Gasteiger partial charge in [-0.3, -0.25) is 0 Å². The molecule has 15 heavy (non-hydrogen) atoms. The van der Waals surface area contributed by atoms with E-state index in [0.717, 1.165) is 29.4 Å². The number of rotatable bonds is 2. The molecule has 2 heteroatoms. The highest BCUT2D eigenvalue weighted by atomic mass is 16.3. The molecule has 0 amide bonds. The minimum atomic E-state index is 0.429. The van der Waals surface area contributed by atoms with Crippen molar-refractivity contribution in [2.45, 2.75) is 26.7 Å². The Bertz CT molecular complexity index is 531. The number of nitrogens with zero attached hydrogens (tertiary/aromatic N) is 1. The highest BCUT2D eigenvalue weighted by Crippen LogP contribution is 2.25. The Labute approximate surface area is 89.1 Å². The van der Waals surface area contributed by atoms with Crippen LogP contribution in [-0.4, -0.2) is 0 Å². The summed E-state index contributed by atoms with van der Waals surface area (Å²) in [5.74, 6) is 0.429. The maximum absolute atomic E-state index is 8.85. The van der Waals surface area contributed by atoms with Gasteiger partial charge in [0, 0.05) is 10.9 Å². The van der Waals surface area contributed by atoms with Gasteiger partial charge in [-0.05, 0) is 31.0 Å². The maximum Gasteiger partial charge on any atom is 0.207 e. The molecule has 1 aromatic carbocycles. The van der Waals surface area contributed by atoms with Gasteiger partial charge in [-0.25, -0.2) is 0 Å². The fourth-order valence-electron chi connectivity index (χ4n) is 1.82. The zero-order valence-electron chi connectivity index (χ0n) is 9.00. The molecule has 0 aliphatic rings. The second-order valence-electron chi connectivity index (χ2n) is 3.75. The number of hydrogen-bond donors (Lipinski definition) is 0. The predicted molar refractivity (Wildman–Crippen MR) is 59.7 cm³/mol. The molecule has 2 aromatic rings. The summed E-state index contributed by atoms with van der Waals surface area (Å²) >= 11 is 0. The summed E-state index contributed by atoms with van der Waals surface area (Å²) in [4.78, 5) is 0. The predicted octanol–water partition coefficient (Wildman–Crippen LogP) is 3.57. The Hall–Kier alpha value is -1.75. The van der Waals surface area contributed by atoms with E-state index in [4.69, 9.17) is 9.68 Å². The van der Waals surface area contributed by atoms with Crippen LogP contribution in [-0.2, 0) is 6.42 Å². The molecule has 0 spiro atoms. The van der Waals surface area contributed by atoms with Gasteiger partial charge in [0.25, 0.3) is 0 Å². The average Bonchev–Trinajstić information content (AvgIpc) is 2.56. The van der Waals surface area contributed by atoms with Crippen LogP contribution >= 0.6 is 0 Å².